The van der Waals surface area contributed by atoms with Gasteiger partial charge in [0, 0.05) is 24.9 Å². The van der Waals surface area contributed by atoms with Crippen molar-refractivity contribution in [3.8, 4) is 5.75 Å². The largest absolute Gasteiger partial charge is 0.486 e. The topological polar surface area (TPSA) is 121 Å². The first-order chi connectivity index (χ1) is 10.5. The van der Waals surface area contributed by atoms with Crippen molar-refractivity contribution in [3.63, 3.8) is 0 Å². The third-order valence-electron chi connectivity index (χ3n) is 2.61. The molecule has 0 bridgehead atoms. The van der Waals surface area contributed by atoms with Gasteiger partial charge in [-0.15, -0.1) is 0 Å². The molecule has 3 N–H and O–H groups in total. The molecule has 0 saturated carbocycles. The minimum absolute atomic E-state index is 0.0430. The molecule has 0 radical (unpaired) electrons. The number of ether oxygens (including phenoxy) is 1. The van der Waals surface area contributed by atoms with E-state index in [2.05, 4.69) is 15.3 Å². The summed E-state index contributed by atoms with van der Waals surface area (Å²) in [6.45, 7) is 1.35. The van der Waals surface area contributed by atoms with Gasteiger partial charge in [0.15, 0.2) is 0 Å². The lowest BCUT2D eigenvalue weighted by Crippen LogP contribution is -2.20. The van der Waals surface area contributed by atoms with Gasteiger partial charge in [0.25, 0.3) is 5.56 Å². The molecule has 0 fully saturated rings. The van der Waals surface area contributed by atoms with Crippen molar-refractivity contribution in [1.82, 2.24) is 9.97 Å². The van der Waals surface area contributed by atoms with E-state index in [0.29, 0.717) is 11.4 Å². The van der Waals surface area contributed by atoms with Crippen LogP contribution in [0.3, 0.4) is 0 Å². The fourth-order valence-electron chi connectivity index (χ4n) is 1.68. The number of amides is 1. The lowest BCUT2D eigenvalue weighted by molar-refractivity contribution is -0.114. The zero-order valence-corrected chi connectivity index (χ0v) is 11.6. The van der Waals surface area contributed by atoms with Gasteiger partial charge in [-0.05, 0) is 12.1 Å². The monoisotopic (exact) mass is 303 g/mol. The van der Waals surface area contributed by atoms with Gasteiger partial charge in [-0.25, -0.2) is 9.78 Å². The molecule has 0 aliphatic heterocycles. The first-order valence-electron chi connectivity index (χ1n) is 6.27. The molecule has 2 rings (SSSR count). The van der Waals surface area contributed by atoms with Crippen LogP contribution >= 0.6 is 0 Å². The van der Waals surface area contributed by atoms with Crippen LogP contribution < -0.4 is 15.6 Å². The third kappa shape index (κ3) is 3.92. The molecule has 8 heteroatoms. The quantitative estimate of drug-likeness (QED) is 0.757. The molecule has 0 atom stereocenters. The number of anilines is 1. The van der Waals surface area contributed by atoms with Gasteiger partial charge in [0.2, 0.25) is 5.91 Å². The van der Waals surface area contributed by atoms with Gasteiger partial charge in [0.05, 0.1) is 0 Å². The Hall–Kier alpha value is -3.16. The Morgan fingerprint density at radius 3 is 2.82 bits per heavy atom. The van der Waals surface area contributed by atoms with Crippen LogP contribution in [-0.4, -0.2) is 27.0 Å². The van der Waals surface area contributed by atoms with E-state index in [4.69, 9.17) is 9.84 Å². The summed E-state index contributed by atoms with van der Waals surface area (Å²) < 4.78 is 5.44. The van der Waals surface area contributed by atoms with Crippen molar-refractivity contribution in [2.75, 3.05) is 5.32 Å². The van der Waals surface area contributed by atoms with E-state index in [1.165, 1.54) is 6.92 Å². The number of carbonyl (C=O) groups is 2. The number of aromatic amines is 1. The normalized spacial score (nSPS) is 10.0. The molecule has 1 heterocycles. The average molecular weight is 303 g/mol. The predicted molar refractivity (Wildman–Crippen MR) is 76.9 cm³/mol. The molecular weight excluding hydrogens is 290 g/mol. The standard InChI is InChI=1S/C14H13N3O5/c1-8(18)16-9-3-2-4-10(5-9)22-7-12-15-6-11(14(20)21)13(19)17-12/h2-6H,7H2,1H3,(H,16,18)(H,20,21)(H,15,17,19). The second-order valence-corrected chi connectivity index (χ2v) is 4.38. The van der Waals surface area contributed by atoms with Crippen molar-refractivity contribution < 1.29 is 19.4 Å². The van der Waals surface area contributed by atoms with Gasteiger partial charge >= 0.3 is 5.97 Å². The van der Waals surface area contributed by atoms with Crippen LogP contribution in [0.5, 0.6) is 5.75 Å². The lowest BCUT2D eigenvalue weighted by atomic mass is 10.3. The zero-order valence-electron chi connectivity index (χ0n) is 11.6. The summed E-state index contributed by atoms with van der Waals surface area (Å²) in [4.78, 5) is 39.3. The molecule has 0 spiro atoms. The number of hydrogen-bond acceptors (Lipinski definition) is 5. The van der Waals surface area contributed by atoms with Crippen molar-refractivity contribution in [1.29, 1.82) is 0 Å². The third-order valence-corrected chi connectivity index (χ3v) is 2.61. The minimum atomic E-state index is -1.34. The summed E-state index contributed by atoms with van der Waals surface area (Å²) in [5, 5.41) is 11.4. The van der Waals surface area contributed by atoms with Gasteiger partial charge < -0.3 is 20.1 Å². The molecule has 1 aromatic carbocycles. The molecule has 8 nitrogen and oxygen atoms in total. The predicted octanol–water partition coefficient (Wildman–Crippen LogP) is 1.01. The maximum atomic E-state index is 11.5. The van der Waals surface area contributed by atoms with E-state index in [1.807, 2.05) is 0 Å². The van der Waals surface area contributed by atoms with Crippen LogP contribution in [0.15, 0.2) is 35.3 Å². The second-order valence-electron chi connectivity index (χ2n) is 4.38. The Balaban J connectivity index is 2.07. The van der Waals surface area contributed by atoms with Crippen LogP contribution in [0.25, 0.3) is 0 Å². The number of benzene rings is 1. The van der Waals surface area contributed by atoms with Crippen LogP contribution in [-0.2, 0) is 11.4 Å². The lowest BCUT2D eigenvalue weighted by Gasteiger charge is -2.08. The molecule has 1 aromatic heterocycles. The number of aromatic nitrogens is 2. The molecule has 0 unspecified atom stereocenters. The molecule has 0 aliphatic carbocycles. The van der Waals surface area contributed by atoms with Crippen molar-refractivity contribution in [3.05, 3.63) is 52.2 Å². The molecule has 22 heavy (non-hydrogen) atoms. The summed E-state index contributed by atoms with van der Waals surface area (Å²) in [6.07, 6.45) is 0.980. The molecule has 0 saturated heterocycles. The number of nitrogens with one attached hydrogen (secondary N) is 2. The summed E-state index contributed by atoms with van der Waals surface area (Å²) in [5.41, 5.74) is -0.600. The van der Waals surface area contributed by atoms with E-state index in [0.717, 1.165) is 6.20 Å². The first kappa shape index (κ1) is 15.2. The zero-order chi connectivity index (χ0) is 16.1. The van der Waals surface area contributed by atoms with Gasteiger partial charge in [-0.2, -0.15) is 0 Å². The number of aromatic carboxylic acids is 1. The van der Waals surface area contributed by atoms with Crippen LogP contribution in [0.2, 0.25) is 0 Å². The van der Waals surface area contributed by atoms with Gasteiger partial charge in [-0.1, -0.05) is 6.07 Å². The first-order valence-corrected chi connectivity index (χ1v) is 6.27. The smallest absolute Gasteiger partial charge is 0.342 e. The van der Waals surface area contributed by atoms with E-state index < -0.39 is 17.1 Å². The molecule has 114 valence electrons. The average Bonchev–Trinajstić information content (AvgIpc) is 2.44. The number of H-pyrrole nitrogens is 1. The number of carboxylic acid groups (broad SMARTS) is 1. The molecule has 0 aliphatic rings. The highest BCUT2D eigenvalue weighted by atomic mass is 16.5. The number of carboxylic acids is 1. The summed E-state index contributed by atoms with van der Waals surface area (Å²) in [5.74, 6) is -0.882. The van der Waals surface area contributed by atoms with E-state index >= 15 is 0 Å². The Kier molecular flexibility index (Phi) is 4.52. The number of hydrogen-bond donors (Lipinski definition) is 3. The Bertz CT molecular complexity index is 769. The Labute approximate surface area is 124 Å². The van der Waals surface area contributed by atoms with Crippen LogP contribution in [0.1, 0.15) is 23.1 Å². The highest BCUT2D eigenvalue weighted by molar-refractivity contribution is 5.88. The summed E-state index contributed by atoms with van der Waals surface area (Å²) >= 11 is 0. The maximum absolute atomic E-state index is 11.5. The van der Waals surface area contributed by atoms with Gasteiger partial charge in [0.1, 0.15) is 23.7 Å². The number of carbonyl (C=O) groups excluding carboxylic acids is 1. The fourth-order valence-corrected chi connectivity index (χ4v) is 1.68. The molecule has 1 amide bonds. The minimum Gasteiger partial charge on any atom is -0.486 e. The van der Waals surface area contributed by atoms with Crippen molar-refractivity contribution in [2.45, 2.75) is 13.5 Å². The second kappa shape index (κ2) is 6.53. The summed E-state index contributed by atoms with van der Waals surface area (Å²) in [6, 6.07) is 6.69. The highest BCUT2D eigenvalue weighted by Gasteiger charge is 2.10. The SMILES string of the molecule is CC(=O)Nc1cccc(OCc2ncc(C(=O)O)c(=O)[nH]2)c1. The van der Waals surface area contributed by atoms with Gasteiger partial charge in [-0.3, -0.25) is 9.59 Å². The van der Waals surface area contributed by atoms with Crippen LogP contribution in [0, 0.1) is 0 Å². The highest BCUT2D eigenvalue weighted by Crippen LogP contribution is 2.17. The van der Waals surface area contributed by atoms with E-state index in [1.54, 1.807) is 24.3 Å². The number of rotatable bonds is 5. The Morgan fingerprint density at radius 1 is 1.41 bits per heavy atom. The number of nitrogens with zero attached hydrogens (tertiary/aromatic N) is 1. The Morgan fingerprint density at radius 2 is 2.18 bits per heavy atom. The molecule has 2 aromatic rings. The van der Waals surface area contributed by atoms with Crippen molar-refractivity contribution >= 4 is 17.6 Å². The maximum Gasteiger partial charge on any atom is 0.342 e. The van der Waals surface area contributed by atoms with E-state index in [-0.39, 0.29) is 18.3 Å². The van der Waals surface area contributed by atoms with Crippen LogP contribution in [0.4, 0.5) is 5.69 Å². The molecular formula is C14H13N3O5. The van der Waals surface area contributed by atoms with Crippen molar-refractivity contribution in [2.24, 2.45) is 0 Å². The van der Waals surface area contributed by atoms with E-state index in [9.17, 15) is 14.4 Å². The summed E-state index contributed by atoms with van der Waals surface area (Å²) in [7, 11) is 0. The fraction of sp³-hybridized carbons (Fsp3) is 0.143.